The molecule has 13 nitrogen and oxygen atoms in total. The highest BCUT2D eigenvalue weighted by molar-refractivity contribution is 7.70. The van der Waals surface area contributed by atoms with E-state index < -0.39 is 88.0 Å². The van der Waals surface area contributed by atoms with Gasteiger partial charge in [0.05, 0.1) is 37.3 Å². The van der Waals surface area contributed by atoms with Gasteiger partial charge in [-0.2, -0.15) is 0 Å². The first-order valence-corrected chi connectivity index (χ1v) is 21.6. The number of rotatable bonds is 13. The second kappa shape index (κ2) is 16.4. The summed E-state index contributed by atoms with van der Waals surface area (Å²) in [7, 11) is -1.71. The van der Waals surface area contributed by atoms with Crippen LogP contribution in [0, 0.1) is 24.2 Å². The standard InChI is InChI=1S/C44H53F2N5O8S/c1-7-28-23-44(28,41(55)51(60(56)57)29-14-15-29)48-39(53)34-20-30(24-50(34)40(54)32(42(3,4)5)21-37(52)49-19-11-18-43(45,46)25-49)59-36-22-33(27-12-9-8-10-13-27)47-38-26(2)35(58-6)17-16-31(36)38/h7-10,12-13,16-17,22,28-30,32,34,60H,1,11,14-15,18-21,23-25H2,2-6H3,(H,48,53)/t28-,30-,32-,34+,44?/m1/s1. The van der Waals surface area contributed by atoms with Gasteiger partial charge in [-0.05, 0) is 50.2 Å². The van der Waals surface area contributed by atoms with Crippen LogP contribution < -0.4 is 14.8 Å². The zero-order valence-electron chi connectivity index (χ0n) is 34.6. The lowest BCUT2D eigenvalue weighted by atomic mass is 9.77. The highest BCUT2D eigenvalue weighted by Gasteiger charge is 2.63. The topological polar surface area (TPSA) is 156 Å². The van der Waals surface area contributed by atoms with Crippen molar-refractivity contribution in [3.05, 3.63) is 66.7 Å². The molecule has 3 aromatic rings. The van der Waals surface area contributed by atoms with Gasteiger partial charge in [-0.25, -0.2) is 26.5 Å². The first-order valence-electron chi connectivity index (χ1n) is 20.5. The number of aromatic nitrogens is 1. The number of carbonyl (C=O) groups is 4. The molecule has 0 radical (unpaired) electrons. The number of carbonyl (C=O) groups excluding carboxylic acids is 4. The Morgan fingerprint density at radius 3 is 2.42 bits per heavy atom. The molecule has 2 aromatic carbocycles. The number of fused-ring (bicyclic) bond motifs is 1. The van der Waals surface area contributed by atoms with E-state index in [1.807, 2.05) is 43.3 Å². The van der Waals surface area contributed by atoms with Crippen molar-refractivity contribution in [2.45, 2.75) is 102 Å². The summed E-state index contributed by atoms with van der Waals surface area (Å²) >= 11 is 0. The minimum absolute atomic E-state index is 0.0223. The average molecular weight is 850 g/mol. The molecule has 7 rings (SSSR count). The summed E-state index contributed by atoms with van der Waals surface area (Å²) in [5.41, 5.74) is 0.421. The normalized spacial score (nSPS) is 24.2. The molecule has 3 heterocycles. The molecular formula is C44H53F2N5O8S. The van der Waals surface area contributed by atoms with Gasteiger partial charge in [0.15, 0.2) is 0 Å². The Morgan fingerprint density at radius 1 is 1.10 bits per heavy atom. The third kappa shape index (κ3) is 8.57. The van der Waals surface area contributed by atoms with Crippen LogP contribution in [0.5, 0.6) is 11.5 Å². The van der Waals surface area contributed by atoms with Crippen LogP contribution in [0.15, 0.2) is 61.2 Å². The van der Waals surface area contributed by atoms with Crippen molar-refractivity contribution < 1.29 is 45.9 Å². The lowest BCUT2D eigenvalue weighted by Crippen LogP contribution is -2.57. The molecule has 4 amide bonds. The second-order valence-electron chi connectivity index (χ2n) is 17.7. The first-order chi connectivity index (χ1) is 28.4. The van der Waals surface area contributed by atoms with Gasteiger partial charge in [-0.3, -0.25) is 19.2 Å². The minimum atomic E-state index is -3.28. The lowest BCUT2D eigenvalue weighted by Gasteiger charge is -2.37. The Morgan fingerprint density at radius 2 is 1.82 bits per heavy atom. The molecule has 1 aromatic heterocycles. The fraction of sp³-hybridized carbons (Fsp3) is 0.523. The van der Waals surface area contributed by atoms with E-state index in [2.05, 4.69) is 11.9 Å². The number of methoxy groups -OCH3 is 1. The molecule has 4 fully saturated rings. The zero-order chi connectivity index (χ0) is 43.3. The van der Waals surface area contributed by atoms with Crippen LogP contribution in [0.25, 0.3) is 22.2 Å². The van der Waals surface area contributed by atoms with Crippen molar-refractivity contribution in [3.63, 3.8) is 0 Å². The predicted octanol–water partition coefficient (Wildman–Crippen LogP) is 5.46. The first kappa shape index (κ1) is 43.0. The van der Waals surface area contributed by atoms with E-state index in [9.17, 15) is 36.4 Å². The lowest BCUT2D eigenvalue weighted by molar-refractivity contribution is -0.151. The van der Waals surface area contributed by atoms with Crippen molar-refractivity contribution >= 4 is 45.4 Å². The van der Waals surface area contributed by atoms with Gasteiger partial charge in [-0.15, -0.1) is 6.58 Å². The molecule has 2 aliphatic carbocycles. The van der Waals surface area contributed by atoms with Crippen molar-refractivity contribution in [3.8, 4) is 22.8 Å². The summed E-state index contributed by atoms with van der Waals surface area (Å²) in [5, 5.41) is 3.52. The summed E-state index contributed by atoms with van der Waals surface area (Å²) in [5.74, 6) is -6.11. The molecule has 16 heteroatoms. The van der Waals surface area contributed by atoms with Crippen molar-refractivity contribution in [2.75, 3.05) is 26.7 Å². The van der Waals surface area contributed by atoms with Crippen LogP contribution in [-0.4, -0.2) is 108 Å². The number of piperidine rings is 1. The summed E-state index contributed by atoms with van der Waals surface area (Å²) < 4.78 is 66.7. The summed E-state index contributed by atoms with van der Waals surface area (Å²) in [6.07, 6.45) is 1.32. The van der Waals surface area contributed by atoms with E-state index in [0.29, 0.717) is 40.9 Å². The van der Waals surface area contributed by atoms with Crippen molar-refractivity contribution in [1.82, 2.24) is 24.4 Å². The number of nitrogens with one attached hydrogen (secondary N) is 1. The number of halogens is 2. The number of benzene rings is 2. The molecule has 0 spiro atoms. The number of thiol groups is 1. The second-order valence-corrected chi connectivity index (χ2v) is 18.6. The number of nitrogens with zero attached hydrogens (tertiary/aromatic N) is 4. The van der Waals surface area contributed by atoms with Crippen LogP contribution >= 0.6 is 0 Å². The minimum Gasteiger partial charge on any atom is -0.496 e. The van der Waals surface area contributed by atoms with Crippen molar-refractivity contribution in [1.29, 1.82) is 0 Å². The van der Waals surface area contributed by atoms with Gasteiger partial charge < -0.3 is 24.6 Å². The van der Waals surface area contributed by atoms with Crippen LogP contribution in [0.4, 0.5) is 8.78 Å². The number of ether oxygens (including phenoxy) is 2. The summed E-state index contributed by atoms with van der Waals surface area (Å²) in [4.78, 5) is 64.6. The van der Waals surface area contributed by atoms with Gasteiger partial charge in [-0.1, -0.05) is 57.2 Å². The Balaban J connectivity index is 1.24. The van der Waals surface area contributed by atoms with E-state index in [0.717, 1.165) is 20.3 Å². The number of alkyl halides is 2. The van der Waals surface area contributed by atoms with Crippen LogP contribution in [-0.2, 0) is 30.1 Å². The van der Waals surface area contributed by atoms with Crippen LogP contribution in [0.1, 0.15) is 71.3 Å². The van der Waals surface area contributed by atoms with E-state index in [1.165, 1.54) is 11.0 Å². The summed E-state index contributed by atoms with van der Waals surface area (Å²) in [6.45, 7) is 10.4. The quantitative estimate of drug-likeness (QED) is 0.169. The Bertz CT molecular complexity index is 2270. The highest BCUT2D eigenvalue weighted by atomic mass is 32.2. The maximum Gasteiger partial charge on any atom is 0.265 e. The molecule has 4 aliphatic rings. The number of aryl methyl sites for hydroxylation is 1. The number of amides is 4. The largest absolute Gasteiger partial charge is 0.496 e. The highest BCUT2D eigenvalue weighted by Crippen LogP contribution is 2.48. The SMILES string of the molecule is C=C[C@@H]1CC1(NC(=O)[C@@H]1C[C@@H](Oc2cc(-c3ccccc3)nc3c(C)c(OC)ccc23)CN1C(=O)[C@@H](CC(=O)N1CCCC(F)(F)C1)C(C)(C)C)C(=O)N(C1CC1)[SH](=O)=O. The smallest absolute Gasteiger partial charge is 0.265 e. The molecule has 322 valence electrons. The number of hydrogen-bond donors (Lipinski definition) is 2. The predicted molar refractivity (Wildman–Crippen MR) is 221 cm³/mol. The number of hydrogen-bond acceptors (Lipinski definition) is 9. The van der Waals surface area contributed by atoms with Gasteiger partial charge in [0.2, 0.25) is 28.6 Å². The molecule has 2 saturated heterocycles. The van der Waals surface area contributed by atoms with Crippen LogP contribution in [0.2, 0.25) is 0 Å². The average Bonchev–Trinajstić information content (AvgIpc) is 4.12. The van der Waals surface area contributed by atoms with E-state index >= 15 is 0 Å². The van der Waals surface area contributed by atoms with E-state index in [4.69, 9.17) is 14.5 Å². The fourth-order valence-corrected chi connectivity index (χ4v) is 9.50. The Labute approximate surface area is 350 Å². The maximum atomic E-state index is 14.9. The van der Waals surface area contributed by atoms with Gasteiger partial charge in [0.25, 0.3) is 11.8 Å². The molecular weight excluding hydrogens is 797 g/mol. The third-order valence-corrected chi connectivity index (χ3v) is 13.2. The molecule has 1 unspecified atom stereocenters. The molecule has 0 bridgehead atoms. The summed E-state index contributed by atoms with van der Waals surface area (Å²) in [6, 6.07) is 13.3. The number of pyridine rings is 1. The third-order valence-electron chi connectivity index (χ3n) is 12.3. The zero-order valence-corrected chi connectivity index (χ0v) is 35.5. The Hall–Kier alpha value is -5.12. The molecule has 5 atom stereocenters. The van der Waals surface area contributed by atoms with Crippen LogP contribution in [0.3, 0.4) is 0 Å². The fourth-order valence-electron chi connectivity index (χ4n) is 8.67. The van der Waals surface area contributed by atoms with Gasteiger partial charge >= 0.3 is 0 Å². The van der Waals surface area contributed by atoms with Gasteiger partial charge in [0.1, 0.15) is 29.2 Å². The maximum absolute atomic E-state index is 14.9. The van der Waals surface area contributed by atoms with E-state index in [1.54, 1.807) is 40.0 Å². The Kier molecular flexibility index (Phi) is 11.7. The van der Waals surface area contributed by atoms with Crippen molar-refractivity contribution in [2.24, 2.45) is 17.3 Å². The monoisotopic (exact) mass is 849 g/mol. The molecule has 1 N–H and O–H groups in total. The molecule has 60 heavy (non-hydrogen) atoms. The number of likely N-dealkylation sites (tertiary alicyclic amines) is 2. The molecule has 2 aliphatic heterocycles. The van der Waals surface area contributed by atoms with E-state index in [-0.39, 0.29) is 45.2 Å². The molecule has 2 saturated carbocycles. The van der Waals surface area contributed by atoms with Gasteiger partial charge in [0, 0.05) is 60.3 Å².